The second-order valence-corrected chi connectivity index (χ2v) is 5.98. The molecule has 2 rings (SSSR count). The SMILES string of the molecule is CCCOc1c(OCCCN)c(F)c2cc(C)sc2c1F. The zero-order chi connectivity index (χ0) is 15.4. The van der Waals surface area contributed by atoms with Gasteiger partial charge >= 0.3 is 0 Å². The Balaban J connectivity index is 2.51. The first-order valence-electron chi connectivity index (χ1n) is 6.96. The topological polar surface area (TPSA) is 44.5 Å². The first-order valence-corrected chi connectivity index (χ1v) is 7.78. The Morgan fingerprint density at radius 3 is 2.48 bits per heavy atom. The number of rotatable bonds is 7. The zero-order valence-electron chi connectivity index (χ0n) is 12.2. The standard InChI is InChI=1S/C15H19F2NO2S/c1-3-6-19-14-12(17)15-10(8-9(2)21-15)11(16)13(14)20-7-4-5-18/h8H,3-7,18H2,1-2H3. The molecule has 6 heteroatoms. The molecule has 1 aromatic heterocycles. The van der Waals surface area contributed by atoms with Gasteiger partial charge in [-0.2, -0.15) is 0 Å². The average molecular weight is 315 g/mol. The molecule has 0 spiro atoms. The van der Waals surface area contributed by atoms with E-state index in [9.17, 15) is 8.78 Å². The van der Waals surface area contributed by atoms with Gasteiger partial charge in [0.1, 0.15) is 0 Å². The van der Waals surface area contributed by atoms with Crippen molar-refractivity contribution >= 4 is 21.4 Å². The van der Waals surface area contributed by atoms with Crippen molar-refractivity contribution in [3.05, 3.63) is 22.6 Å². The predicted molar refractivity (Wildman–Crippen MR) is 81.4 cm³/mol. The molecule has 0 aliphatic rings. The van der Waals surface area contributed by atoms with Gasteiger partial charge in [-0.15, -0.1) is 11.3 Å². The van der Waals surface area contributed by atoms with Crippen molar-refractivity contribution in [2.45, 2.75) is 26.7 Å². The molecule has 1 heterocycles. The third-order valence-corrected chi connectivity index (χ3v) is 3.98. The highest BCUT2D eigenvalue weighted by Gasteiger charge is 2.24. The summed E-state index contributed by atoms with van der Waals surface area (Å²) in [6.45, 7) is 4.67. The van der Waals surface area contributed by atoms with Gasteiger partial charge in [0, 0.05) is 10.3 Å². The number of benzene rings is 1. The van der Waals surface area contributed by atoms with Crippen LogP contribution in [-0.2, 0) is 0 Å². The van der Waals surface area contributed by atoms with Crippen molar-refractivity contribution in [1.29, 1.82) is 0 Å². The van der Waals surface area contributed by atoms with Gasteiger partial charge in [-0.1, -0.05) is 6.92 Å². The summed E-state index contributed by atoms with van der Waals surface area (Å²) in [6.07, 6.45) is 1.26. The highest BCUT2D eigenvalue weighted by atomic mass is 32.1. The summed E-state index contributed by atoms with van der Waals surface area (Å²) >= 11 is 1.21. The maximum absolute atomic E-state index is 14.6. The molecule has 0 aliphatic carbocycles. The number of hydrogen-bond acceptors (Lipinski definition) is 4. The minimum Gasteiger partial charge on any atom is -0.487 e. The number of fused-ring (bicyclic) bond motifs is 1. The highest BCUT2D eigenvalue weighted by Crippen LogP contribution is 2.43. The molecule has 0 bridgehead atoms. The number of hydrogen-bond donors (Lipinski definition) is 1. The molecule has 0 atom stereocenters. The van der Waals surface area contributed by atoms with Gasteiger partial charge < -0.3 is 15.2 Å². The number of thiophene rings is 1. The molecule has 0 saturated carbocycles. The lowest BCUT2D eigenvalue weighted by Crippen LogP contribution is -2.09. The summed E-state index contributed by atoms with van der Waals surface area (Å²) in [5, 5.41) is 0.238. The van der Waals surface area contributed by atoms with Gasteiger partial charge in [0.05, 0.1) is 17.9 Å². The number of aryl methyl sites for hydroxylation is 1. The molecule has 2 N–H and O–H groups in total. The molecular formula is C15H19F2NO2S. The van der Waals surface area contributed by atoms with Crippen molar-refractivity contribution in [3.8, 4) is 11.5 Å². The van der Waals surface area contributed by atoms with Crippen LogP contribution in [0.2, 0.25) is 0 Å². The smallest absolute Gasteiger partial charge is 0.201 e. The van der Waals surface area contributed by atoms with Crippen LogP contribution in [0.25, 0.3) is 10.1 Å². The lowest BCUT2D eigenvalue weighted by atomic mass is 10.2. The van der Waals surface area contributed by atoms with E-state index in [1.807, 2.05) is 13.8 Å². The largest absolute Gasteiger partial charge is 0.487 e. The maximum atomic E-state index is 14.6. The molecule has 0 amide bonds. The molecule has 0 fully saturated rings. The Hall–Kier alpha value is -1.40. The monoisotopic (exact) mass is 315 g/mol. The van der Waals surface area contributed by atoms with E-state index in [2.05, 4.69) is 0 Å². The average Bonchev–Trinajstić information content (AvgIpc) is 2.86. The summed E-state index contributed by atoms with van der Waals surface area (Å²) in [7, 11) is 0. The van der Waals surface area contributed by atoms with Crippen molar-refractivity contribution in [3.63, 3.8) is 0 Å². The molecule has 0 saturated heterocycles. The van der Waals surface area contributed by atoms with Crippen molar-refractivity contribution in [1.82, 2.24) is 0 Å². The van der Waals surface area contributed by atoms with Gasteiger partial charge in [-0.25, -0.2) is 8.78 Å². The van der Waals surface area contributed by atoms with Crippen LogP contribution in [0.4, 0.5) is 8.78 Å². The van der Waals surface area contributed by atoms with Crippen LogP contribution >= 0.6 is 11.3 Å². The molecule has 3 nitrogen and oxygen atoms in total. The highest BCUT2D eigenvalue weighted by molar-refractivity contribution is 7.19. The fourth-order valence-electron chi connectivity index (χ4n) is 1.98. The number of nitrogens with two attached hydrogens (primary N) is 1. The van der Waals surface area contributed by atoms with Crippen LogP contribution in [0.1, 0.15) is 24.6 Å². The quantitative estimate of drug-likeness (QED) is 0.785. The summed E-state index contributed by atoms with van der Waals surface area (Å²) < 4.78 is 40.2. The van der Waals surface area contributed by atoms with E-state index in [1.165, 1.54) is 11.3 Å². The number of halogens is 2. The first kappa shape index (κ1) is 16.0. The lowest BCUT2D eigenvalue weighted by molar-refractivity contribution is 0.248. The van der Waals surface area contributed by atoms with Crippen LogP contribution in [0.5, 0.6) is 11.5 Å². The predicted octanol–water partition coefficient (Wildman–Crippen LogP) is 4.00. The van der Waals surface area contributed by atoms with Crippen LogP contribution in [0.15, 0.2) is 6.07 Å². The minimum atomic E-state index is -0.570. The third-order valence-electron chi connectivity index (χ3n) is 2.94. The fourth-order valence-corrected chi connectivity index (χ4v) is 2.92. The lowest BCUT2D eigenvalue weighted by Gasteiger charge is -2.14. The maximum Gasteiger partial charge on any atom is 0.201 e. The Labute approximate surface area is 126 Å². The molecule has 0 unspecified atom stereocenters. The molecule has 2 aromatic rings. The van der Waals surface area contributed by atoms with E-state index in [0.717, 1.165) is 4.88 Å². The van der Waals surface area contributed by atoms with Crippen LogP contribution in [0, 0.1) is 18.6 Å². The van der Waals surface area contributed by atoms with E-state index in [0.29, 0.717) is 26.0 Å². The van der Waals surface area contributed by atoms with Gasteiger partial charge in [0.2, 0.25) is 11.5 Å². The molecule has 0 radical (unpaired) electrons. The Morgan fingerprint density at radius 1 is 1.14 bits per heavy atom. The van der Waals surface area contributed by atoms with Gasteiger partial charge in [-0.3, -0.25) is 0 Å². The summed E-state index contributed by atoms with van der Waals surface area (Å²) in [4.78, 5) is 0.836. The molecule has 116 valence electrons. The van der Waals surface area contributed by atoms with E-state index in [4.69, 9.17) is 15.2 Å². The summed E-state index contributed by atoms with van der Waals surface area (Å²) in [5.74, 6) is -1.42. The summed E-state index contributed by atoms with van der Waals surface area (Å²) in [5.41, 5.74) is 5.40. The Morgan fingerprint density at radius 2 is 1.81 bits per heavy atom. The van der Waals surface area contributed by atoms with Crippen LogP contribution < -0.4 is 15.2 Å². The van der Waals surface area contributed by atoms with Crippen molar-refractivity contribution in [2.75, 3.05) is 19.8 Å². The number of ether oxygens (including phenoxy) is 2. The first-order chi connectivity index (χ1) is 10.1. The van der Waals surface area contributed by atoms with Gasteiger partial charge in [-0.05, 0) is 32.4 Å². The minimum absolute atomic E-state index is 0.138. The van der Waals surface area contributed by atoms with E-state index in [-0.39, 0.29) is 28.2 Å². The second kappa shape index (κ2) is 7.04. The fraction of sp³-hybridized carbons (Fsp3) is 0.467. The Kier molecular flexibility index (Phi) is 5.36. The van der Waals surface area contributed by atoms with E-state index in [1.54, 1.807) is 6.07 Å². The van der Waals surface area contributed by atoms with Crippen molar-refractivity contribution in [2.24, 2.45) is 5.73 Å². The molecule has 21 heavy (non-hydrogen) atoms. The van der Waals surface area contributed by atoms with Gasteiger partial charge in [0.15, 0.2) is 11.6 Å². The molecule has 0 aliphatic heterocycles. The second-order valence-electron chi connectivity index (χ2n) is 4.73. The van der Waals surface area contributed by atoms with Crippen molar-refractivity contribution < 1.29 is 18.3 Å². The normalized spacial score (nSPS) is 11.1. The zero-order valence-corrected chi connectivity index (χ0v) is 13.0. The van der Waals surface area contributed by atoms with E-state index >= 15 is 0 Å². The Bertz CT molecular complexity index is 628. The third kappa shape index (κ3) is 3.27. The van der Waals surface area contributed by atoms with Crippen LogP contribution in [-0.4, -0.2) is 19.8 Å². The van der Waals surface area contributed by atoms with Crippen LogP contribution in [0.3, 0.4) is 0 Å². The summed E-state index contributed by atoms with van der Waals surface area (Å²) in [6, 6.07) is 1.62. The molecular weight excluding hydrogens is 296 g/mol. The van der Waals surface area contributed by atoms with E-state index < -0.39 is 11.6 Å². The van der Waals surface area contributed by atoms with Gasteiger partial charge in [0.25, 0.3) is 0 Å². The molecule has 1 aromatic carbocycles.